The standard InChI is InChI=1S/C67H42N6O/c1-41-21-20-31-51(68-41)61-62(67-69-50-30-10-19-40-60(50)74-67)64(71-54-34-13-4-24-44(54)45-25-5-14-35-55(45)71)66(73-58-38-17-8-28-48(58)49-29-9-18-39-59(49)73)65(72-56-36-15-6-26-46(56)47-27-7-16-37-57(47)72)63(61)70-52-32-11-2-22-42(52)43-23-3-12-33-53(43)70/h2-40H,1H3. The summed E-state index contributed by atoms with van der Waals surface area (Å²) in [6.07, 6.45) is 0. The predicted octanol–water partition coefficient (Wildman–Crippen LogP) is 17.3. The molecule has 74 heavy (non-hydrogen) atoms. The molecule has 0 N–H and O–H groups in total. The minimum absolute atomic E-state index is 0.485. The number of aryl methyl sites for hydroxylation is 1. The average molecular weight is 947 g/mol. The van der Waals surface area contributed by atoms with E-state index in [-0.39, 0.29) is 0 Å². The lowest BCUT2D eigenvalue weighted by Crippen LogP contribution is -2.16. The summed E-state index contributed by atoms with van der Waals surface area (Å²) < 4.78 is 17.3. The first-order valence-electron chi connectivity index (χ1n) is 25.2. The first kappa shape index (κ1) is 40.7. The fourth-order valence-electron chi connectivity index (χ4n) is 12.3. The minimum Gasteiger partial charge on any atom is -0.436 e. The van der Waals surface area contributed by atoms with Crippen LogP contribution in [0, 0.1) is 6.92 Å². The molecule has 0 saturated carbocycles. The summed E-state index contributed by atoms with van der Waals surface area (Å²) in [6, 6.07) is 85.2. The molecule has 0 radical (unpaired) electrons. The number of nitrogens with zero attached hydrogens (tertiary/aromatic N) is 6. The Morgan fingerprint density at radius 3 is 0.946 bits per heavy atom. The van der Waals surface area contributed by atoms with Crippen molar-refractivity contribution in [3.63, 3.8) is 0 Å². The summed E-state index contributed by atoms with van der Waals surface area (Å²) in [5.41, 5.74) is 17.1. The molecule has 16 rings (SSSR count). The molecule has 0 saturated heterocycles. The lowest BCUT2D eigenvalue weighted by Gasteiger charge is -2.30. The fourth-order valence-corrected chi connectivity index (χ4v) is 12.3. The molecule has 16 aromatic rings. The van der Waals surface area contributed by atoms with Crippen LogP contribution in [0.3, 0.4) is 0 Å². The van der Waals surface area contributed by atoms with Gasteiger partial charge in [0, 0.05) is 54.3 Å². The summed E-state index contributed by atoms with van der Waals surface area (Å²) in [7, 11) is 0. The van der Waals surface area contributed by atoms with Crippen LogP contribution in [-0.2, 0) is 0 Å². The van der Waals surface area contributed by atoms with Crippen LogP contribution >= 0.6 is 0 Å². The molecule has 0 spiro atoms. The van der Waals surface area contributed by atoms with Gasteiger partial charge in [0.15, 0.2) is 5.58 Å². The summed E-state index contributed by atoms with van der Waals surface area (Å²) in [5.74, 6) is 0.485. The zero-order chi connectivity index (χ0) is 48.6. The van der Waals surface area contributed by atoms with E-state index in [1.165, 1.54) is 0 Å². The topological polar surface area (TPSA) is 58.6 Å². The van der Waals surface area contributed by atoms with Gasteiger partial charge < -0.3 is 22.7 Å². The lowest BCUT2D eigenvalue weighted by molar-refractivity contribution is 0.619. The molecule has 0 fully saturated rings. The van der Waals surface area contributed by atoms with Gasteiger partial charge >= 0.3 is 0 Å². The zero-order valence-electron chi connectivity index (χ0n) is 40.1. The molecule has 7 heteroatoms. The van der Waals surface area contributed by atoms with Crippen molar-refractivity contribution in [3.05, 3.63) is 242 Å². The molecule has 7 nitrogen and oxygen atoms in total. The molecular weight excluding hydrogens is 905 g/mol. The summed E-state index contributed by atoms with van der Waals surface area (Å²) in [6.45, 7) is 2.08. The van der Waals surface area contributed by atoms with Gasteiger partial charge in [-0.25, -0.2) is 4.98 Å². The minimum atomic E-state index is 0.485. The Kier molecular flexibility index (Phi) is 8.53. The number of pyridine rings is 1. The third-order valence-electron chi connectivity index (χ3n) is 15.3. The molecule has 6 aromatic heterocycles. The van der Waals surface area contributed by atoms with Crippen molar-refractivity contribution < 1.29 is 4.42 Å². The van der Waals surface area contributed by atoms with E-state index in [0.717, 1.165) is 138 Å². The van der Waals surface area contributed by atoms with Crippen LogP contribution in [-0.4, -0.2) is 28.2 Å². The Morgan fingerprint density at radius 2 is 0.595 bits per heavy atom. The molecule has 0 aliphatic rings. The summed E-state index contributed by atoms with van der Waals surface area (Å²) >= 11 is 0. The van der Waals surface area contributed by atoms with Crippen LogP contribution in [0.5, 0.6) is 0 Å². The quantitative estimate of drug-likeness (QED) is 0.167. The van der Waals surface area contributed by atoms with Crippen molar-refractivity contribution in [3.8, 4) is 45.5 Å². The van der Waals surface area contributed by atoms with Crippen LogP contribution in [0.1, 0.15) is 5.69 Å². The second-order valence-corrected chi connectivity index (χ2v) is 19.3. The highest BCUT2D eigenvalue weighted by Gasteiger charge is 2.37. The normalized spacial score (nSPS) is 12.1. The highest BCUT2D eigenvalue weighted by Crippen LogP contribution is 2.54. The monoisotopic (exact) mass is 946 g/mol. The SMILES string of the molecule is Cc1cccc(-c2c(-c3nc4ccccc4o3)c(-n3c4ccccc4c4ccccc43)c(-n3c4ccccc4c4ccccc43)c(-n3c4ccccc4c4ccccc43)c2-n2c3ccccc3c3ccccc32)n1. The largest absolute Gasteiger partial charge is 0.436 e. The van der Waals surface area contributed by atoms with Gasteiger partial charge in [0.2, 0.25) is 5.89 Å². The molecule has 0 bridgehead atoms. The molecule has 0 amide bonds. The summed E-state index contributed by atoms with van der Waals surface area (Å²) in [4.78, 5) is 11.2. The number of hydrogen-bond donors (Lipinski definition) is 0. The third kappa shape index (κ3) is 5.60. The van der Waals surface area contributed by atoms with E-state index in [1.54, 1.807) is 0 Å². The van der Waals surface area contributed by atoms with Crippen LogP contribution < -0.4 is 0 Å². The number of rotatable bonds is 6. The van der Waals surface area contributed by atoms with E-state index in [2.05, 4.69) is 238 Å². The summed E-state index contributed by atoms with van der Waals surface area (Å²) in [5, 5.41) is 9.17. The number of aromatic nitrogens is 6. The van der Waals surface area contributed by atoms with Crippen LogP contribution in [0.25, 0.3) is 144 Å². The highest BCUT2D eigenvalue weighted by molar-refractivity contribution is 6.18. The first-order chi connectivity index (χ1) is 36.7. The Morgan fingerprint density at radius 1 is 0.284 bits per heavy atom. The highest BCUT2D eigenvalue weighted by atomic mass is 16.3. The van der Waals surface area contributed by atoms with Crippen molar-refractivity contribution in [2.45, 2.75) is 6.92 Å². The van der Waals surface area contributed by atoms with Crippen LogP contribution in [0.4, 0.5) is 0 Å². The Balaban J connectivity index is 1.32. The van der Waals surface area contributed by atoms with E-state index < -0.39 is 0 Å². The van der Waals surface area contributed by atoms with Crippen molar-refractivity contribution in [2.75, 3.05) is 0 Å². The molecule has 0 atom stereocenters. The van der Waals surface area contributed by atoms with E-state index in [4.69, 9.17) is 14.4 Å². The van der Waals surface area contributed by atoms with E-state index in [9.17, 15) is 0 Å². The smallest absolute Gasteiger partial charge is 0.230 e. The van der Waals surface area contributed by atoms with Crippen molar-refractivity contribution >= 4 is 98.3 Å². The number of oxazole rings is 1. The Hall–Kier alpha value is -9.98. The van der Waals surface area contributed by atoms with Gasteiger partial charge in [-0.1, -0.05) is 164 Å². The van der Waals surface area contributed by atoms with Crippen LogP contribution in [0.15, 0.2) is 241 Å². The maximum atomic E-state index is 7.30. The molecule has 0 unspecified atom stereocenters. The van der Waals surface area contributed by atoms with E-state index >= 15 is 0 Å². The average Bonchev–Trinajstić information content (AvgIpc) is 4.34. The van der Waals surface area contributed by atoms with Crippen molar-refractivity contribution in [2.24, 2.45) is 0 Å². The molecule has 0 aliphatic heterocycles. The number of benzene rings is 10. The first-order valence-corrected chi connectivity index (χ1v) is 25.2. The predicted molar refractivity (Wildman–Crippen MR) is 305 cm³/mol. The number of fused-ring (bicyclic) bond motifs is 13. The van der Waals surface area contributed by atoms with Crippen molar-refractivity contribution in [1.82, 2.24) is 28.2 Å². The van der Waals surface area contributed by atoms with Gasteiger partial charge in [0.05, 0.1) is 78.1 Å². The molecular formula is C67H42N6O. The molecule has 0 aliphatic carbocycles. The van der Waals surface area contributed by atoms with Gasteiger partial charge in [-0.15, -0.1) is 0 Å². The zero-order valence-corrected chi connectivity index (χ0v) is 40.1. The van der Waals surface area contributed by atoms with E-state index in [0.29, 0.717) is 11.5 Å². The van der Waals surface area contributed by atoms with Gasteiger partial charge in [0.1, 0.15) is 5.52 Å². The van der Waals surface area contributed by atoms with Gasteiger partial charge in [0.25, 0.3) is 0 Å². The van der Waals surface area contributed by atoms with E-state index in [1.807, 2.05) is 24.3 Å². The third-order valence-corrected chi connectivity index (χ3v) is 15.3. The van der Waals surface area contributed by atoms with Gasteiger partial charge in [-0.3, -0.25) is 4.98 Å². The Bertz CT molecular complexity index is 4750. The second-order valence-electron chi connectivity index (χ2n) is 19.3. The maximum absolute atomic E-state index is 7.30. The Labute approximate surface area is 423 Å². The number of hydrogen-bond acceptors (Lipinski definition) is 3. The lowest BCUT2D eigenvalue weighted by atomic mass is 9.94. The van der Waals surface area contributed by atoms with Crippen molar-refractivity contribution in [1.29, 1.82) is 0 Å². The molecule has 346 valence electrons. The van der Waals surface area contributed by atoms with Crippen LogP contribution in [0.2, 0.25) is 0 Å². The second kappa shape index (κ2) is 15.5. The molecule has 10 aromatic carbocycles. The maximum Gasteiger partial charge on any atom is 0.230 e. The van der Waals surface area contributed by atoms with Gasteiger partial charge in [-0.05, 0) is 79.7 Å². The van der Waals surface area contributed by atoms with Gasteiger partial charge in [-0.2, -0.15) is 0 Å². The number of para-hydroxylation sites is 10. The fraction of sp³-hybridized carbons (Fsp3) is 0.0149. The molecule has 6 heterocycles.